The third-order valence-electron chi connectivity index (χ3n) is 5.33. The maximum atomic E-state index is 13.2. The predicted octanol–water partition coefficient (Wildman–Crippen LogP) is -3.59. The van der Waals surface area contributed by atoms with Crippen LogP contribution >= 0.6 is 0 Å². The number of hydrogen-bond donors (Lipinski definition) is 9. The first kappa shape index (κ1) is 31.8. The molecule has 1 rings (SSSR count). The first-order chi connectivity index (χ1) is 17.9. The van der Waals surface area contributed by atoms with E-state index in [1.54, 1.807) is 30.3 Å². The lowest BCUT2D eigenvalue weighted by molar-refractivity contribution is -0.143. The van der Waals surface area contributed by atoms with Gasteiger partial charge in [-0.3, -0.25) is 24.2 Å². The van der Waals surface area contributed by atoms with Crippen molar-refractivity contribution in [1.82, 2.24) is 16.0 Å². The average Bonchev–Trinajstić information content (AvgIpc) is 2.86. The molecule has 210 valence electrons. The number of aliphatic imine (C=N–C) groups is 1. The zero-order valence-corrected chi connectivity index (χ0v) is 20.8. The Morgan fingerprint density at radius 1 is 0.842 bits per heavy atom. The number of aliphatic hydroxyl groups excluding tert-OH is 1. The second kappa shape index (κ2) is 16.5. The summed E-state index contributed by atoms with van der Waals surface area (Å²) in [7, 11) is 0. The lowest BCUT2D eigenvalue weighted by atomic mass is 10.0. The van der Waals surface area contributed by atoms with Gasteiger partial charge in [-0.1, -0.05) is 30.3 Å². The topological polar surface area (TPSA) is 278 Å². The Morgan fingerprint density at radius 2 is 1.42 bits per heavy atom. The molecule has 1 aromatic carbocycles. The van der Waals surface area contributed by atoms with Gasteiger partial charge < -0.3 is 49.1 Å². The van der Waals surface area contributed by atoms with E-state index in [4.69, 9.17) is 28.0 Å². The summed E-state index contributed by atoms with van der Waals surface area (Å²) in [5, 5.41) is 25.4. The highest BCUT2D eigenvalue weighted by Gasteiger charge is 2.30. The largest absolute Gasteiger partial charge is 0.480 e. The molecule has 0 aliphatic rings. The average molecular weight is 537 g/mol. The van der Waals surface area contributed by atoms with Gasteiger partial charge in [0.25, 0.3) is 0 Å². The maximum Gasteiger partial charge on any atom is 0.328 e. The number of nitrogens with zero attached hydrogens (tertiary/aromatic N) is 1. The number of guanidine groups is 1. The minimum absolute atomic E-state index is 0.0394. The van der Waals surface area contributed by atoms with E-state index in [2.05, 4.69) is 20.9 Å². The van der Waals surface area contributed by atoms with Crippen LogP contribution in [0.25, 0.3) is 0 Å². The molecule has 38 heavy (non-hydrogen) atoms. The van der Waals surface area contributed by atoms with Crippen molar-refractivity contribution < 1.29 is 34.2 Å². The van der Waals surface area contributed by atoms with Gasteiger partial charge in [0.05, 0.1) is 12.6 Å². The number of aliphatic carboxylic acids is 1. The Labute approximate surface area is 219 Å². The van der Waals surface area contributed by atoms with Gasteiger partial charge in [-0.15, -0.1) is 0 Å². The minimum atomic E-state index is -1.63. The molecular formula is C23H36N8O7. The normalized spacial score (nSPS) is 13.7. The SMILES string of the molecule is NC(=O)CCC(NC(=O)C(Cc1ccccc1)NC(=O)C(N)CCCN=C(N)N)C(=O)NC(CO)C(=O)O. The van der Waals surface area contributed by atoms with E-state index >= 15 is 0 Å². The number of amides is 4. The van der Waals surface area contributed by atoms with Crippen molar-refractivity contribution in [1.29, 1.82) is 0 Å². The Kier molecular flexibility index (Phi) is 13.8. The first-order valence-electron chi connectivity index (χ1n) is 11.8. The first-order valence-corrected chi connectivity index (χ1v) is 11.8. The van der Waals surface area contributed by atoms with Crippen LogP contribution in [0, 0.1) is 0 Å². The Bertz CT molecular complexity index is 985. The monoisotopic (exact) mass is 536 g/mol. The lowest BCUT2D eigenvalue weighted by Crippen LogP contribution is -2.58. The molecule has 0 heterocycles. The molecule has 15 heteroatoms. The molecule has 0 saturated carbocycles. The standard InChI is InChI=1S/C23H36N8O7/c24-14(7-4-10-28-23(26)27)19(34)30-16(11-13-5-2-1-3-6-13)21(36)29-15(8-9-18(25)33)20(35)31-17(12-32)22(37)38/h1-3,5-6,14-17,32H,4,7-12,24H2,(H2,25,33)(H,29,36)(H,30,34)(H,31,35)(H,37,38)(H4,26,27,28). The smallest absolute Gasteiger partial charge is 0.328 e. The summed E-state index contributed by atoms with van der Waals surface area (Å²) in [6, 6.07) is 3.55. The molecule has 0 aromatic heterocycles. The van der Waals surface area contributed by atoms with E-state index in [0.717, 1.165) is 0 Å². The van der Waals surface area contributed by atoms with Crippen LogP contribution in [-0.2, 0) is 30.4 Å². The number of carboxylic acids is 1. The number of benzene rings is 1. The van der Waals surface area contributed by atoms with E-state index in [9.17, 15) is 29.1 Å². The van der Waals surface area contributed by atoms with Crippen molar-refractivity contribution in [3.05, 3.63) is 35.9 Å². The van der Waals surface area contributed by atoms with Crippen molar-refractivity contribution in [3.63, 3.8) is 0 Å². The van der Waals surface area contributed by atoms with Crippen molar-refractivity contribution in [2.45, 2.75) is 56.3 Å². The number of hydrogen-bond acceptors (Lipinski definition) is 8. The fourth-order valence-corrected chi connectivity index (χ4v) is 3.27. The highest BCUT2D eigenvalue weighted by Crippen LogP contribution is 2.07. The lowest BCUT2D eigenvalue weighted by Gasteiger charge is -2.25. The van der Waals surface area contributed by atoms with Crippen LogP contribution in [0.2, 0.25) is 0 Å². The number of nitrogens with one attached hydrogen (secondary N) is 3. The van der Waals surface area contributed by atoms with Crippen LogP contribution in [0.4, 0.5) is 0 Å². The Hall–Kier alpha value is -4.24. The summed E-state index contributed by atoms with van der Waals surface area (Å²) in [4.78, 5) is 64.9. The number of nitrogens with two attached hydrogens (primary N) is 4. The van der Waals surface area contributed by atoms with E-state index in [1.807, 2.05) is 0 Å². The second-order valence-electron chi connectivity index (χ2n) is 8.45. The Balaban J connectivity index is 3.04. The van der Waals surface area contributed by atoms with Gasteiger partial charge in [0.1, 0.15) is 18.1 Å². The van der Waals surface area contributed by atoms with Gasteiger partial charge in [-0.05, 0) is 24.8 Å². The minimum Gasteiger partial charge on any atom is -0.480 e. The summed E-state index contributed by atoms with van der Waals surface area (Å²) >= 11 is 0. The molecule has 0 fully saturated rings. The van der Waals surface area contributed by atoms with Crippen molar-refractivity contribution >= 4 is 35.6 Å². The maximum absolute atomic E-state index is 13.2. The molecular weight excluding hydrogens is 500 g/mol. The molecule has 4 atom stereocenters. The quantitative estimate of drug-likeness (QED) is 0.0535. The summed E-state index contributed by atoms with van der Waals surface area (Å²) in [6.45, 7) is -0.635. The zero-order valence-electron chi connectivity index (χ0n) is 20.8. The van der Waals surface area contributed by atoms with Gasteiger partial charge in [0.2, 0.25) is 23.6 Å². The molecule has 13 N–H and O–H groups in total. The molecule has 0 saturated heterocycles. The van der Waals surface area contributed by atoms with E-state index in [0.29, 0.717) is 12.0 Å². The highest BCUT2D eigenvalue weighted by molar-refractivity contribution is 5.94. The molecule has 0 aliphatic heterocycles. The van der Waals surface area contributed by atoms with Gasteiger partial charge in [0, 0.05) is 19.4 Å². The van der Waals surface area contributed by atoms with Gasteiger partial charge in [-0.25, -0.2) is 4.79 Å². The number of rotatable bonds is 17. The van der Waals surface area contributed by atoms with E-state index < -0.39 is 60.4 Å². The van der Waals surface area contributed by atoms with Gasteiger partial charge in [-0.2, -0.15) is 0 Å². The van der Waals surface area contributed by atoms with Gasteiger partial charge >= 0.3 is 5.97 Å². The second-order valence-corrected chi connectivity index (χ2v) is 8.45. The van der Waals surface area contributed by atoms with E-state index in [-0.39, 0.29) is 38.2 Å². The van der Waals surface area contributed by atoms with Crippen LogP contribution in [0.15, 0.2) is 35.3 Å². The van der Waals surface area contributed by atoms with Gasteiger partial charge in [0.15, 0.2) is 5.96 Å². The summed E-state index contributed by atoms with van der Waals surface area (Å²) in [5.74, 6) is -4.71. The molecule has 0 bridgehead atoms. The summed E-state index contributed by atoms with van der Waals surface area (Å²) in [6.07, 6.45) is 0.126. The van der Waals surface area contributed by atoms with Crippen molar-refractivity contribution in [2.24, 2.45) is 27.9 Å². The fourth-order valence-electron chi connectivity index (χ4n) is 3.27. The van der Waals surface area contributed by atoms with Crippen LogP contribution in [0.5, 0.6) is 0 Å². The molecule has 0 radical (unpaired) electrons. The molecule has 1 aromatic rings. The molecule has 15 nitrogen and oxygen atoms in total. The van der Waals surface area contributed by atoms with E-state index in [1.165, 1.54) is 0 Å². The number of carbonyl (C=O) groups is 5. The van der Waals surface area contributed by atoms with Crippen LogP contribution in [0.1, 0.15) is 31.2 Å². The number of carbonyl (C=O) groups excluding carboxylic acids is 4. The van der Waals surface area contributed by atoms with Crippen LogP contribution < -0.4 is 38.9 Å². The fraction of sp³-hybridized carbons (Fsp3) is 0.478. The number of primary amides is 1. The van der Waals surface area contributed by atoms with Crippen LogP contribution in [-0.4, -0.2) is 83.1 Å². The zero-order chi connectivity index (χ0) is 28.7. The summed E-state index contributed by atoms with van der Waals surface area (Å²) < 4.78 is 0. The number of carboxylic acid groups (broad SMARTS) is 1. The van der Waals surface area contributed by atoms with Crippen molar-refractivity contribution in [3.8, 4) is 0 Å². The third-order valence-corrected chi connectivity index (χ3v) is 5.33. The highest BCUT2D eigenvalue weighted by atomic mass is 16.4. The van der Waals surface area contributed by atoms with Crippen LogP contribution in [0.3, 0.4) is 0 Å². The molecule has 4 amide bonds. The van der Waals surface area contributed by atoms with Crippen molar-refractivity contribution in [2.75, 3.05) is 13.2 Å². The molecule has 0 aliphatic carbocycles. The third kappa shape index (κ3) is 12.1. The Morgan fingerprint density at radius 3 is 1.97 bits per heavy atom. The summed E-state index contributed by atoms with van der Waals surface area (Å²) in [5.41, 5.74) is 22.3. The number of aliphatic hydroxyl groups is 1. The predicted molar refractivity (Wildman–Crippen MR) is 137 cm³/mol. The molecule has 0 spiro atoms. The molecule has 4 unspecified atom stereocenters.